The third-order valence-corrected chi connectivity index (χ3v) is 5.99. The van der Waals surface area contributed by atoms with Crippen molar-refractivity contribution < 1.29 is 24.1 Å². The molecule has 184 valence electrons. The van der Waals surface area contributed by atoms with Crippen molar-refractivity contribution in [3.8, 4) is 23.1 Å². The van der Waals surface area contributed by atoms with E-state index in [1.54, 1.807) is 36.2 Å². The van der Waals surface area contributed by atoms with Crippen LogP contribution < -0.4 is 15.0 Å². The highest BCUT2D eigenvalue weighted by atomic mass is 16.5. The van der Waals surface area contributed by atoms with Crippen molar-refractivity contribution in [1.82, 2.24) is 19.4 Å². The SMILES string of the molecule is CCOCc1nc(O)c(C(=O)N2CCC(c3ccccn3)C2)c(=O)n1-c1c(OC)cccc1OC. The maximum atomic E-state index is 13.8. The molecule has 1 saturated heterocycles. The molecule has 1 aromatic carbocycles. The minimum atomic E-state index is -0.735. The van der Waals surface area contributed by atoms with E-state index in [-0.39, 0.29) is 24.0 Å². The van der Waals surface area contributed by atoms with E-state index >= 15 is 0 Å². The van der Waals surface area contributed by atoms with Gasteiger partial charge < -0.3 is 24.2 Å². The molecule has 3 heterocycles. The van der Waals surface area contributed by atoms with Gasteiger partial charge in [0.05, 0.1) is 14.2 Å². The summed E-state index contributed by atoms with van der Waals surface area (Å²) in [5.41, 5.74) is 0.00100. The number of pyridine rings is 1. The molecule has 2 aromatic heterocycles. The number of hydrogen-bond acceptors (Lipinski definition) is 8. The number of rotatable bonds is 8. The first kappa shape index (κ1) is 24.2. The number of carbonyl (C=O) groups excluding carboxylic acids is 1. The molecule has 10 heteroatoms. The van der Waals surface area contributed by atoms with Crippen LogP contribution in [-0.2, 0) is 11.3 Å². The quantitative estimate of drug-likeness (QED) is 0.523. The molecule has 4 rings (SSSR count). The number of methoxy groups -OCH3 is 2. The lowest BCUT2D eigenvalue weighted by atomic mass is 10.0. The number of aromatic nitrogens is 3. The van der Waals surface area contributed by atoms with Crippen LogP contribution in [0.3, 0.4) is 0 Å². The number of benzene rings is 1. The number of amides is 1. The summed E-state index contributed by atoms with van der Waals surface area (Å²) in [6, 6.07) is 10.7. The summed E-state index contributed by atoms with van der Waals surface area (Å²) in [6.45, 7) is 2.91. The second kappa shape index (κ2) is 10.6. The predicted octanol–water partition coefficient (Wildman–Crippen LogP) is 2.52. The number of aromatic hydroxyl groups is 1. The summed E-state index contributed by atoms with van der Waals surface area (Å²) in [4.78, 5) is 37.4. The van der Waals surface area contributed by atoms with Gasteiger partial charge in [0.15, 0.2) is 5.56 Å². The standard InChI is InChI=1S/C25H28N4O6/c1-4-35-15-20-27-23(30)21(24(31)28-13-11-16(14-28)17-8-5-6-12-26-17)25(32)29(20)22-18(33-2)9-7-10-19(22)34-3/h5-10,12,16,30H,4,11,13-15H2,1-3H3. The molecule has 1 amide bonds. The minimum absolute atomic E-state index is 0.0454. The highest BCUT2D eigenvalue weighted by Gasteiger charge is 2.33. The van der Waals surface area contributed by atoms with Crippen LogP contribution in [0, 0.1) is 0 Å². The monoisotopic (exact) mass is 480 g/mol. The Bertz CT molecular complexity index is 1240. The van der Waals surface area contributed by atoms with E-state index in [1.165, 1.54) is 18.8 Å². The van der Waals surface area contributed by atoms with Crippen LogP contribution in [-0.4, -0.2) is 64.4 Å². The fourth-order valence-corrected chi connectivity index (χ4v) is 4.27. The molecule has 0 radical (unpaired) electrons. The maximum Gasteiger partial charge on any atom is 0.275 e. The molecule has 35 heavy (non-hydrogen) atoms. The summed E-state index contributed by atoms with van der Waals surface area (Å²) in [5, 5.41) is 10.7. The van der Waals surface area contributed by atoms with Crippen molar-refractivity contribution in [2.24, 2.45) is 0 Å². The van der Waals surface area contributed by atoms with Gasteiger partial charge in [-0.15, -0.1) is 0 Å². The van der Waals surface area contributed by atoms with Crippen molar-refractivity contribution in [1.29, 1.82) is 0 Å². The first-order valence-electron chi connectivity index (χ1n) is 11.3. The van der Waals surface area contributed by atoms with Crippen molar-refractivity contribution in [3.05, 3.63) is 70.0 Å². The van der Waals surface area contributed by atoms with Crippen molar-refractivity contribution in [2.45, 2.75) is 25.9 Å². The zero-order chi connectivity index (χ0) is 24.9. The highest BCUT2D eigenvalue weighted by Crippen LogP contribution is 2.33. The number of nitrogens with zero attached hydrogens (tertiary/aromatic N) is 4. The highest BCUT2D eigenvalue weighted by molar-refractivity contribution is 5.96. The molecule has 1 atom stereocenters. The third kappa shape index (κ3) is 4.69. The van der Waals surface area contributed by atoms with Gasteiger partial charge in [0.25, 0.3) is 11.5 Å². The van der Waals surface area contributed by atoms with Gasteiger partial charge in [-0.05, 0) is 37.6 Å². The Morgan fingerprint density at radius 2 is 1.89 bits per heavy atom. The fourth-order valence-electron chi connectivity index (χ4n) is 4.27. The third-order valence-electron chi connectivity index (χ3n) is 5.99. The van der Waals surface area contributed by atoms with Crippen LogP contribution in [0.5, 0.6) is 17.4 Å². The van der Waals surface area contributed by atoms with Crippen molar-refractivity contribution in [2.75, 3.05) is 33.9 Å². The van der Waals surface area contributed by atoms with Crippen molar-refractivity contribution >= 4 is 5.91 Å². The molecule has 1 aliphatic heterocycles. The molecule has 1 aliphatic rings. The van der Waals surface area contributed by atoms with Gasteiger partial charge in [0, 0.05) is 37.5 Å². The molecule has 0 spiro atoms. The average Bonchev–Trinajstić information content (AvgIpc) is 3.38. The Hall–Kier alpha value is -3.92. The van der Waals surface area contributed by atoms with E-state index in [2.05, 4.69) is 9.97 Å². The van der Waals surface area contributed by atoms with Gasteiger partial charge >= 0.3 is 0 Å². The van der Waals surface area contributed by atoms with Crippen LogP contribution in [0.1, 0.15) is 41.1 Å². The van der Waals surface area contributed by atoms with E-state index in [0.29, 0.717) is 37.6 Å². The van der Waals surface area contributed by atoms with Crippen molar-refractivity contribution in [3.63, 3.8) is 0 Å². The Labute approximate surface area is 202 Å². The molecule has 0 saturated carbocycles. The number of likely N-dealkylation sites (tertiary alicyclic amines) is 1. The zero-order valence-corrected chi connectivity index (χ0v) is 19.9. The van der Waals surface area contributed by atoms with E-state index in [9.17, 15) is 14.7 Å². The van der Waals surface area contributed by atoms with Crippen LogP contribution in [0.4, 0.5) is 0 Å². The lowest BCUT2D eigenvalue weighted by Gasteiger charge is -2.21. The number of carbonyl (C=O) groups is 1. The average molecular weight is 481 g/mol. The van der Waals surface area contributed by atoms with Gasteiger partial charge in [-0.3, -0.25) is 19.1 Å². The summed E-state index contributed by atoms with van der Waals surface area (Å²) >= 11 is 0. The van der Waals surface area contributed by atoms with Crippen LogP contribution in [0.15, 0.2) is 47.4 Å². The van der Waals surface area contributed by atoms with Gasteiger partial charge in [-0.2, -0.15) is 4.98 Å². The van der Waals surface area contributed by atoms with E-state index in [4.69, 9.17) is 14.2 Å². The lowest BCUT2D eigenvalue weighted by Crippen LogP contribution is -2.37. The molecule has 0 bridgehead atoms. The summed E-state index contributed by atoms with van der Waals surface area (Å²) < 4.78 is 17.7. The summed E-state index contributed by atoms with van der Waals surface area (Å²) in [7, 11) is 2.93. The normalized spacial score (nSPS) is 15.3. The summed E-state index contributed by atoms with van der Waals surface area (Å²) in [6.07, 6.45) is 2.42. The smallest absolute Gasteiger partial charge is 0.275 e. The topological polar surface area (TPSA) is 116 Å². The van der Waals surface area contributed by atoms with Gasteiger partial charge in [-0.25, -0.2) is 0 Å². The second-order valence-electron chi connectivity index (χ2n) is 8.01. The lowest BCUT2D eigenvalue weighted by molar-refractivity contribution is 0.0783. The molecule has 0 aliphatic carbocycles. The molecule has 1 N–H and O–H groups in total. The molecule has 1 fully saturated rings. The zero-order valence-electron chi connectivity index (χ0n) is 19.9. The van der Waals surface area contributed by atoms with E-state index in [0.717, 1.165) is 5.69 Å². The van der Waals surface area contributed by atoms with Gasteiger partial charge in [-0.1, -0.05) is 12.1 Å². The number of para-hydroxylation sites is 1. The first-order valence-corrected chi connectivity index (χ1v) is 11.3. The van der Waals surface area contributed by atoms with E-state index < -0.39 is 22.9 Å². The van der Waals surface area contributed by atoms with Gasteiger partial charge in [0.1, 0.15) is 29.6 Å². The molecule has 3 aromatic rings. The molecule has 1 unspecified atom stereocenters. The maximum absolute atomic E-state index is 13.8. The number of hydrogen-bond donors (Lipinski definition) is 1. The molecular weight excluding hydrogens is 452 g/mol. The largest absolute Gasteiger partial charge is 0.494 e. The summed E-state index contributed by atoms with van der Waals surface area (Å²) in [5.74, 6) is -0.395. The molecular formula is C25H28N4O6. The second-order valence-corrected chi connectivity index (χ2v) is 8.01. The van der Waals surface area contributed by atoms with Crippen LogP contribution in [0.2, 0.25) is 0 Å². The predicted molar refractivity (Wildman–Crippen MR) is 127 cm³/mol. The van der Waals surface area contributed by atoms with E-state index in [1.807, 2.05) is 18.2 Å². The minimum Gasteiger partial charge on any atom is -0.494 e. The Morgan fingerprint density at radius 3 is 2.51 bits per heavy atom. The number of ether oxygens (including phenoxy) is 3. The Morgan fingerprint density at radius 1 is 1.14 bits per heavy atom. The molecule has 10 nitrogen and oxygen atoms in total. The van der Waals surface area contributed by atoms with Crippen LogP contribution >= 0.6 is 0 Å². The Kier molecular flexibility index (Phi) is 7.31. The Balaban J connectivity index is 1.80. The first-order chi connectivity index (χ1) is 17.0. The fraction of sp³-hybridized carbons (Fsp3) is 0.360. The van der Waals surface area contributed by atoms with Crippen LogP contribution in [0.25, 0.3) is 5.69 Å². The van der Waals surface area contributed by atoms with Gasteiger partial charge in [0.2, 0.25) is 5.88 Å².